The van der Waals surface area contributed by atoms with E-state index in [2.05, 4.69) is 41.8 Å². The highest BCUT2D eigenvalue weighted by Gasteiger charge is 2.45. The summed E-state index contributed by atoms with van der Waals surface area (Å²) in [6.45, 7) is 18.3. The van der Waals surface area contributed by atoms with E-state index < -0.39 is 5.82 Å². The topological polar surface area (TPSA) is 64.9 Å². The maximum Gasteiger partial charge on any atom is 0.256 e. The number of hydrogen-bond donors (Lipinski definition) is 0. The van der Waals surface area contributed by atoms with Gasteiger partial charge in [0.15, 0.2) is 0 Å². The first-order chi connectivity index (χ1) is 21.9. The Labute approximate surface area is 273 Å². The second-order valence-corrected chi connectivity index (χ2v) is 14.7. The Kier molecular flexibility index (Phi) is 9.27. The monoisotopic (exact) mass is 630 g/mol. The lowest BCUT2D eigenvalue weighted by Crippen LogP contribution is -2.62. The molecule has 2 amide bonds. The number of hydrogen-bond acceptors (Lipinski definition) is 5. The molecule has 3 fully saturated rings. The normalized spacial score (nSPS) is 21.9. The van der Waals surface area contributed by atoms with Crippen LogP contribution >= 0.6 is 0 Å². The molecule has 46 heavy (non-hydrogen) atoms. The summed E-state index contributed by atoms with van der Waals surface area (Å²) in [5.74, 6) is 1.47. The Hall–Kier alpha value is -3.30. The summed E-state index contributed by atoms with van der Waals surface area (Å²) in [5, 5.41) is 1.18. The van der Waals surface area contributed by atoms with E-state index in [0.717, 1.165) is 62.7 Å². The van der Waals surface area contributed by atoms with Crippen molar-refractivity contribution in [1.82, 2.24) is 29.2 Å². The van der Waals surface area contributed by atoms with Gasteiger partial charge in [0.1, 0.15) is 5.82 Å². The Morgan fingerprint density at radius 2 is 1.74 bits per heavy atom. The number of halogens is 1. The van der Waals surface area contributed by atoms with Gasteiger partial charge >= 0.3 is 0 Å². The van der Waals surface area contributed by atoms with Gasteiger partial charge in [-0.25, -0.2) is 4.39 Å². The summed E-state index contributed by atoms with van der Waals surface area (Å²) in [6.07, 6.45) is 9.41. The van der Waals surface area contributed by atoms with E-state index in [-0.39, 0.29) is 17.9 Å². The molecule has 1 aliphatic carbocycles. The van der Waals surface area contributed by atoms with Crippen molar-refractivity contribution in [2.75, 3.05) is 46.3 Å². The number of benzene rings is 1. The van der Waals surface area contributed by atoms with Crippen LogP contribution < -0.4 is 0 Å². The van der Waals surface area contributed by atoms with Gasteiger partial charge in [0.25, 0.3) is 5.91 Å². The molecular weight excluding hydrogens is 579 g/mol. The first kappa shape index (κ1) is 32.6. The average molecular weight is 631 g/mol. The third-order valence-corrected chi connectivity index (χ3v) is 11.0. The van der Waals surface area contributed by atoms with E-state index in [0.29, 0.717) is 35.2 Å². The lowest BCUT2D eigenvalue weighted by atomic mass is 9.69. The van der Waals surface area contributed by atoms with Gasteiger partial charge in [0, 0.05) is 89.1 Å². The van der Waals surface area contributed by atoms with E-state index in [1.807, 2.05) is 35.7 Å². The molecule has 6 rings (SSSR count). The first-order valence-corrected chi connectivity index (χ1v) is 17.2. The molecule has 8 nitrogen and oxygen atoms in total. The molecule has 2 saturated heterocycles. The number of piperazine rings is 1. The highest BCUT2D eigenvalue weighted by molar-refractivity contribution is 5.99. The van der Waals surface area contributed by atoms with Gasteiger partial charge in [0.2, 0.25) is 5.91 Å². The summed E-state index contributed by atoms with van der Waals surface area (Å²) < 4.78 is 16.5. The molecule has 3 aliphatic rings. The lowest BCUT2D eigenvalue weighted by Gasteiger charge is -2.55. The van der Waals surface area contributed by atoms with E-state index in [9.17, 15) is 14.0 Å². The molecule has 3 aromatic rings. The third-order valence-electron chi connectivity index (χ3n) is 11.0. The molecule has 2 aromatic heterocycles. The highest BCUT2D eigenvalue weighted by atomic mass is 19.1. The Bertz CT molecular complexity index is 1580. The van der Waals surface area contributed by atoms with Crippen LogP contribution in [-0.2, 0) is 11.2 Å². The summed E-state index contributed by atoms with van der Waals surface area (Å²) >= 11 is 0. The quantitative estimate of drug-likeness (QED) is 0.317. The Balaban J connectivity index is 1.16. The number of aromatic nitrogens is 2. The van der Waals surface area contributed by atoms with Crippen LogP contribution in [-0.4, -0.2) is 105 Å². The largest absolute Gasteiger partial charge is 0.340 e. The first-order valence-electron chi connectivity index (χ1n) is 17.2. The summed E-state index contributed by atoms with van der Waals surface area (Å²) in [7, 11) is 1.76. The maximum atomic E-state index is 14.5. The molecule has 1 aromatic carbocycles. The van der Waals surface area contributed by atoms with E-state index in [1.54, 1.807) is 24.9 Å². The minimum atomic E-state index is -0.419. The number of rotatable bonds is 9. The molecule has 1 unspecified atom stereocenters. The summed E-state index contributed by atoms with van der Waals surface area (Å²) in [5.41, 5.74) is 4.36. The second kappa shape index (κ2) is 13.1. The molecule has 1 atom stereocenters. The van der Waals surface area contributed by atoms with Gasteiger partial charge in [-0.05, 0) is 87.1 Å². The minimum Gasteiger partial charge on any atom is -0.340 e. The second-order valence-electron chi connectivity index (χ2n) is 14.7. The van der Waals surface area contributed by atoms with Gasteiger partial charge in [-0.15, -0.1) is 0 Å². The van der Waals surface area contributed by atoms with Crippen molar-refractivity contribution in [3.63, 3.8) is 0 Å². The van der Waals surface area contributed by atoms with Crippen molar-refractivity contribution in [3.05, 3.63) is 59.3 Å². The van der Waals surface area contributed by atoms with Crippen LogP contribution in [0.5, 0.6) is 0 Å². The van der Waals surface area contributed by atoms with Gasteiger partial charge < -0.3 is 14.4 Å². The number of carbonyl (C=O) groups is 2. The van der Waals surface area contributed by atoms with Crippen molar-refractivity contribution in [2.45, 2.75) is 78.9 Å². The van der Waals surface area contributed by atoms with Crippen molar-refractivity contribution >= 4 is 22.7 Å². The molecule has 0 bridgehead atoms. The zero-order valence-corrected chi connectivity index (χ0v) is 28.7. The molecular formula is C37H51FN6O2. The summed E-state index contributed by atoms with van der Waals surface area (Å²) in [4.78, 5) is 38.7. The predicted octanol–water partition coefficient (Wildman–Crippen LogP) is 5.40. The van der Waals surface area contributed by atoms with E-state index in [4.69, 9.17) is 0 Å². The number of likely N-dealkylation sites (tertiary alicyclic amines) is 1. The van der Waals surface area contributed by atoms with Crippen molar-refractivity contribution in [3.8, 4) is 5.69 Å². The zero-order valence-electron chi connectivity index (χ0n) is 28.7. The van der Waals surface area contributed by atoms with Gasteiger partial charge in [-0.2, -0.15) is 0 Å². The molecule has 9 heteroatoms. The third kappa shape index (κ3) is 6.20. The number of amides is 2. The van der Waals surface area contributed by atoms with E-state index >= 15 is 0 Å². The number of fused-ring (bicyclic) bond motifs is 1. The van der Waals surface area contributed by atoms with Crippen LogP contribution in [0.25, 0.3) is 16.6 Å². The van der Waals surface area contributed by atoms with Gasteiger partial charge in [0.05, 0.1) is 23.0 Å². The molecule has 2 aliphatic heterocycles. The van der Waals surface area contributed by atoms with Crippen molar-refractivity contribution < 1.29 is 14.0 Å². The minimum absolute atomic E-state index is 0.00462. The fraction of sp³-hybridized carbons (Fsp3) is 0.595. The van der Waals surface area contributed by atoms with Crippen LogP contribution in [0.1, 0.15) is 68.9 Å². The van der Waals surface area contributed by atoms with Crippen LogP contribution in [0.4, 0.5) is 4.39 Å². The fourth-order valence-electron chi connectivity index (χ4n) is 8.28. The predicted molar refractivity (Wildman–Crippen MR) is 181 cm³/mol. The van der Waals surface area contributed by atoms with Crippen LogP contribution in [0.2, 0.25) is 0 Å². The lowest BCUT2D eigenvalue weighted by molar-refractivity contribution is -0.131. The molecule has 4 heterocycles. The van der Waals surface area contributed by atoms with Crippen LogP contribution in [0, 0.1) is 30.5 Å². The van der Waals surface area contributed by atoms with E-state index in [1.165, 1.54) is 35.9 Å². The highest BCUT2D eigenvalue weighted by Crippen LogP contribution is 2.42. The number of carbonyl (C=O) groups excluding carboxylic acids is 2. The maximum absolute atomic E-state index is 14.5. The molecule has 0 spiro atoms. The average Bonchev–Trinajstić information content (AvgIpc) is 3.35. The number of aryl methyl sites for hydroxylation is 1. The SMILES string of the molecule is CC(=O)N1CCN(C2CC(C(C(C)C)N3CC(Cc4cn(-c5ccc(F)cc5C(=O)N(C)C(C)C)c5cncc(C)c45)C3)C2)CC1. The Morgan fingerprint density at radius 3 is 2.37 bits per heavy atom. The Morgan fingerprint density at radius 1 is 1.04 bits per heavy atom. The van der Waals surface area contributed by atoms with Crippen molar-refractivity contribution in [1.29, 1.82) is 0 Å². The van der Waals surface area contributed by atoms with Crippen LogP contribution in [0.3, 0.4) is 0 Å². The van der Waals surface area contributed by atoms with Crippen LogP contribution in [0.15, 0.2) is 36.8 Å². The molecule has 0 radical (unpaired) electrons. The standard InChI is InChI=1S/C37H51FN6O2/c1-23(2)36(28-15-31(16-28)42-12-10-41(11-13-42)26(6)45)43-20-27(21-43)14-29-22-44(34-19-39-18-25(5)35(29)34)33-9-8-30(38)17-32(33)37(46)40(7)24(3)4/h8-9,17-19,22-24,27-28,31,36H,10-16,20-21H2,1-7H3. The van der Waals surface area contributed by atoms with Gasteiger partial charge in [-0.3, -0.25) is 24.4 Å². The fourth-order valence-corrected chi connectivity index (χ4v) is 8.28. The molecule has 248 valence electrons. The zero-order chi connectivity index (χ0) is 32.9. The number of nitrogens with zero attached hydrogens (tertiary/aromatic N) is 6. The number of pyridine rings is 1. The molecule has 1 saturated carbocycles. The smallest absolute Gasteiger partial charge is 0.256 e. The summed E-state index contributed by atoms with van der Waals surface area (Å²) in [6, 6.07) is 5.76. The molecule has 0 N–H and O–H groups in total. The van der Waals surface area contributed by atoms with Gasteiger partial charge in [-0.1, -0.05) is 13.8 Å². The van der Waals surface area contributed by atoms with Crippen molar-refractivity contribution in [2.24, 2.45) is 17.8 Å².